The Morgan fingerprint density at radius 1 is 1.03 bits per heavy atom. The van der Waals surface area contributed by atoms with Crippen LogP contribution in [0.4, 0.5) is 0 Å². The van der Waals surface area contributed by atoms with E-state index in [1.54, 1.807) is 0 Å². The standard InChI is InChI=1S/C31H37N/c1-6-25-14-17-29(18-15-25)24(5)31(30-19-16-26(7-2)20-22(30)3)21-28-12-10-27(11-13-28)9-8-23(4)32/h7-10,12,14-15,17-18,20H,2,4,6,11,13,16,19,21,32H2,1,3,5H3/b9-8+,31-24+. The van der Waals surface area contributed by atoms with E-state index in [1.807, 2.05) is 12.2 Å². The summed E-state index contributed by atoms with van der Waals surface area (Å²) in [5, 5.41) is 0. The van der Waals surface area contributed by atoms with Gasteiger partial charge in [-0.1, -0.05) is 80.3 Å². The van der Waals surface area contributed by atoms with Gasteiger partial charge in [-0.05, 0) is 103 Å². The van der Waals surface area contributed by atoms with Crippen LogP contribution < -0.4 is 5.73 Å². The minimum Gasteiger partial charge on any atom is -0.399 e. The van der Waals surface area contributed by atoms with Gasteiger partial charge in [0, 0.05) is 5.70 Å². The molecule has 2 N–H and O–H groups in total. The van der Waals surface area contributed by atoms with Crippen LogP contribution >= 0.6 is 0 Å². The van der Waals surface area contributed by atoms with Gasteiger partial charge >= 0.3 is 0 Å². The van der Waals surface area contributed by atoms with Gasteiger partial charge in [0.1, 0.15) is 0 Å². The second kappa shape index (κ2) is 11.0. The van der Waals surface area contributed by atoms with Gasteiger partial charge in [0.15, 0.2) is 0 Å². The Balaban J connectivity index is 1.99. The molecule has 0 unspecified atom stereocenters. The maximum Gasteiger partial charge on any atom is 0.0241 e. The van der Waals surface area contributed by atoms with E-state index in [2.05, 4.69) is 82.5 Å². The zero-order valence-electron chi connectivity index (χ0n) is 20.0. The monoisotopic (exact) mass is 423 g/mol. The van der Waals surface area contributed by atoms with Crippen molar-refractivity contribution in [2.75, 3.05) is 0 Å². The van der Waals surface area contributed by atoms with Crippen LogP contribution in [0.5, 0.6) is 0 Å². The Hall–Kier alpha value is -3.06. The summed E-state index contributed by atoms with van der Waals surface area (Å²) in [4.78, 5) is 0. The van der Waals surface area contributed by atoms with Gasteiger partial charge < -0.3 is 5.73 Å². The second-order valence-corrected chi connectivity index (χ2v) is 8.89. The van der Waals surface area contributed by atoms with Gasteiger partial charge in [-0.3, -0.25) is 0 Å². The lowest BCUT2D eigenvalue weighted by Crippen LogP contribution is -2.04. The van der Waals surface area contributed by atoms with Crippen molar-refractivity contribution >= 4 is 5.57 Å². The van der Waals surface area contributed by atoms with E-state index in [0.29, 0.717) is 5.70 Å². The van der Waals surface area contributed by atoms with Crippen molar-refractivity contribution in [3.63, 3.8) is 0 Å². The molecule has 0 atom stereocenters. The maximum atomic E-state index is 5.68. The maximum absolute atomic E-state index is 5.68. The molecule has 1 heteroatoms. The Kier molecular flexibility index (Phi) is 8.11. The van der Waals surface area contributed by atoms with Crippen LogP contribution in [0.1, 0.15) is 64.0 Å². The summed E-state index contributed by atoms with van der Waals surface area (Å²) in [6.07, 6.45) is 19.2. The topological polar surface area (TPSA) is 26.0 Å². The highest BCUT2D eigenvalue weighted by Gasteiger charge is 2.18. The highest BCUT2D eigenvalue weighted by molar-refractivity contribution is 5.73. The van der Waals surface area contributed by atoms with Crippen molar-refractivity contribution in [1.29, 1.82) is 0 Å². The molecular weight excluding hydrogens is 386 g/mol. The van der Waals surface area contributed by atoms with Crippen molar-refractivity contribution in [2.24, 2.45) is 5.73 Å². The third kappa shape index (κ3) is 6.01. The first-order chi connectivity index (χ1) is 15.4. The van der Waals surface area contributed by atoms with E-state index < -0.39 is 0 Å². The zero-order chi connectivity index (χ0) is 23.1. The fourth-order valence-corrected chi connectivity index (χ4v) is 4.51. The quantitative estimate of drug-likeness (QED) is 0.418. The molecule has 32 heavy (non-hydrogen) atoms. The lowest BCUT2D eigenvalue weighted by molar-refractivity contribution is 0.855. The van der Waals surface area contributed by atoms with Gasteiger partial charge in [-0.2, -0.15) is 0 Å². The molecule has 1 aromatic carbocycles. The lowest BCUT2D eigenvalue weighted by atomic mass is 9.81. The summed E-state index contributed by atoms with van der Waals surface area (Å²) < 4.78 is 0. The first-order valence-corrected chi connectivity index (χ1v) is 11.7. The number of aryl methyl sites for hydroxylation is 1. The predicted molar refractivity (Wildman–Crippen MR) is 141 cm³/mol. The molecule has 0 fully saturated rings. The number of nitrogens with two attached hydrogens (primary N) is 1. The van der Waals surface area contributed by atoms with Gasteiger partial charge in [-0.15, -0.1) is 0 Å². The molecule has 0 aliphatic heterocycles. The minimum absolute atomic E-state index is 0.599. The Labute approximate surface area is 194 Å². The van der Waals surface area contributed by atoms with Crippen molar-refractivity contribution in [3.05, 3.63) is 124 Å². The molecule has 0 radical (unpaired) electrons. The van der Waals surface area contributed by atoms with Crippen LogP contribution in [-0.2, 0) is 6.42 Å². The Morgan fingerprint density at radius 3 is 2.31 bits per heavy atom. The summed E-state index contributed by atoms with van der Waals surface area (Å²) in [5.74, 6) is 0. The molecule has 2 aliphatic carbocycles. The van der Waals surface area contributed by atoms with Crippen LogP contribution in [-0.4, -0.2) is 0 Å². The number of hydrogen-bond donors (Lipinski definition) is 1. The Morgan fingerprint density at radius 2 is 1.75 bits per heavy atom. The van der Waals surface area contributed by atoms with Gasteiger partial charge in [-0.25, -0.2) is 0 Å². The van der Waals surface area contributed by atoms with Crippen LogP contribution in [0.2, 0.25) is 0 Å². The molecule has 0 amide bonds. The molecule has 3 rings (SSSR count). The second-order valence-electron chi connectivity index (χ2n) is 8.89. The first-order valence-electron chi connectivity index (χ1n) is 11.7. The number of allylic oxidation sites excluding steroid dienone is 13. The largest absolute Gasteiger partial charge is 0.399 e. The fourth-order valence-electron chi connectivity index (χ4n) is 4.51. The molecule has 0 spiro atoms. The van der Waals surface area contributed by atoms with Crippen molar-refractivity contribution in [2.45, 2.75) is 59.3 Å². The number of rotatable bonds is 8. The SMILES string of the molecule is C=CC1=CC(C)=C(/C(CC2=CC=C(/C=C/C(=C)N)CC2)=C(\C)c2ccc(CC)cc2)CC1. The van der Waals surface area contributed by atoms with E-state index >= 15 is 0 Å². The normalized spacial score (nSPS) is 17.5. The zero-order valence-corrected chi connectivity index (χ0v) is 20.0. The van der Waals surface area contributed by atoms with E-state index in [9.17, 15) is 0 Å². The molecule has 1 nitrogen and oxygen atoms in total. The van der Waals surface area contributed by atoms with Crippen molar-refractivity contribution < 1.29 is 0 Å². The van der Waals surface area contributed by atoms with Crippen LogP contribution in [0.3, 0.4) is 0 Å². The molecule has 0 saturated heterocycles. The average molecular weight is 424 g/mol. The third-order valence-corrected chi connectivity index (χ3v) is 6.60. The minimum atomic E-state index is 0.599. The van der Waals surface area contributed by atoms with Gasteiger partial charge in [0.2, 0.25) is 0 Å². The van der Waals surface area contributed by atoms with Crippen molar-refractivity contribution in [3.8, 4) is 0 Å². The summed E-state index contributed by atoms with van der Waals surface area (Å²) in [6.45, 7) is 14.5. The van der Waals surface area contributed by atoms with E-state index in [4.69, 9.17) is 5.73 Å². The Bertz CT molecular complexity index is 1060. The van der Waals surface area contributed by atoms with E-state index in [1.165, 1.54) is 50.1 Å². The number of hydrogen-bond acceptors (Lipinski definition) is 1. The summed E-state index contributed by atoms with van der Waals surface area (Å²) >= 11 is 0. The molecule has 0 heterocycles. The molecule has 0 bridgehead atoms. The van der Waals surface area contributed by atoms with E-state index in [-0.39, 0.29) is 0 Å². The number of benzene rings is 1. The van der Waals surface area contributed by atoms with Gasteiger partial charge in [0.05, 0.1) is 0 Å². The molecule has 2 aliphatic rings. The summed E-state index contributed by atoms with van der Waals surface area (Å²) in [6, 6.07) is 9.10. The molecule has 166 valence electrons. The van der Waals surface area contributed by atoms with E-state index in [0.717, 1.165) is 38.5 Å². The van der Waals surface area contributed by atoms with Crippen LogP contribution in [0.25, 0.3) is 5.57 Å². The summed E-state index contributed by atoms with van der Waals surface area (Å²) in [5.41, 5.74) is 18.9. The van der Waals surface area contributed by atoms with Crippen molar-refractivity contribution in [1.82, 2.24) is 0 Å². The van der Waals surface area contributed by atoms with Gasteiger partial charge in [0.25, 0.3) is 0 Å². The third-order valence-electron chi connectivity index (χ3n) is 6.60. The van der Waals surface area contributed by atoms with Crippen LogP contribution in [0, 0.1) is 0 Å². The average Bonchev–Trinajstić information content (AvgIpc) is 2.81. The molecule has 0 aromatic heterocycles. The van der Waals surface area contributed by atoms with Crippen LogP contribution in [0.15, 0.2) is 113 Å². The highest BCUT2D eigenvalue weighted by Crippen LogP contribution is 2.38. The fraction of sp³-hybridized carbons (Fsp3) is 0.290. The summed E-state index contributed by atoms with van der Waals surface area (Å²) in [7, 11) is 0. The lowest BCUT2D eigenvalue weighted by Gasteiger charge is -2.24. The molecule has 0 saturated carbocycles. The predicted octanol–water partition coefficient (Wildman–Crippen LogP) is 8.31. The molecular formula is C31H37N. The first kappa shape index (κ1) is 23.6. The smallest absolute Gasteiger partial charge is 0.0241 e. The molecule has 1 aromatic rings. The highest BCUT2D eigenvalue weighted by atomic mass is 14.5.